The van der Waals surface area contributed by atoms with Crippen molar-refractivity contribution in [1.29, 1.82) is 0 Å². The highest BCUT2D eigenvalue weighted by atomic mass is 16.3. The van der Waals surface area contributed by atoms with Crippen LogP contribution < -0.4 is 5.32 Å². The van der Waals surface area contributed by atoms with Crippen LogP contribution in [-0.2, 0) is 6.42 Å². The lowest BCUT2D eigenvalue weighted by atomic mass is 10.0. The molecule has 3 rings (SSSR count). The van der Waals surface area contributed by atoms with E-state index in [4.69, 9.17) is 0 Å². The molecule has 2 nitrogen and oxygen atoms in total. The number of hydrogen-bond donors (Lipinski definition) is 2. The van der Waals surface area contributed by atoms with Crippen LogP contribution in [0.1, 0.15) is 5.56 Å². The molecule has 0 aliphatic heterocycles. The van der Waals surface area contributed by atoms with Gasteiger partial charge in [0.1, 0.15) is 5.75 Å². The average molecular weight is 263 g/mol. The molecule has 0 fully saturated rings. The predicted molar refractivity (Wildman–Crippen MR) is 84.2 cm³/mol. The van der Waals surface area contributed by atoms with Crippen LogP contribution in [-0.4, -0.2) is 11.7 Å². The molecule has 2 heteroatoms. The zero-order valence-corrected chi connectivity index (χ0v) is 11.2. The third kappa shape index (κ3) is 2.91. The van der Waals surface area contributed by atoms with Crippen LogP contribution >= 0.6 is 0 Å². The largest absolute Gasteiger partial charge is 0.508 e. The van der Waals surface area contributed by atoms with Gasteiger partial charge in [0.2, 0.25) is 0 Å². The zero-order valence-electron chi connectivity index (χ0n) is 11.2. The highest BCUT2D eigenvalue weighted by Gasteiger charge is 1.98. The second kappa shape index (κ2) is 5.66. The van der Waals surface area contributed by atoms with Crippen LogP contribution in [0.2, 0.25) is 0 Å². The van der Waals surface area contributed by atoms with Gasteiger partial charge < -0.3 is 10.4 Å². The third-order valence-corrected chi connectivity index (χ3v) is 3.40. The molecule has 0 aliphatic rings. The molecule has 0 aromatic heterocycles. The molecule has 0 saturated heterocycles. The fraction of sp³-hybridized carbons (Fsp3) is 0.111. The van der Waals surface area contributed by atoms with Crippen molar-refractivity contribution in [3.63, 3.8) is 0 Å². The lowest BCUT2D eigenvalue weighted by Gasteiger charge is -2.07. The normalized spacial score (nSPS) is 10.6. The summed E-state index contributed by atoms with van der Waals surface area (Å²) in [6.07, 6.45) is 0.978. The molecule has 3 aromatic rings. The predicted octanol–water partition coefficient (Wildman–Crippen LogP) is 4.20. The monoisotopic (exact) mass is 263 g/mol. The molecule has 0 spiro atoms. The molecule has 0 unspecified atom stereocenters. The Morgan fingerprint density at radius 2 is 1.55 bits per heavy atom. The summed E-state index contributed by atoms with van der Waals surface area (Å²) in [5, 5.41) is 15.1. The summed E-state index contributed by atoms with van der Waals surface area (Å²) < 4.78 is 0. The molecule has 0 saturated carbocycles. The van der Waals surface area contributed by atoms with Crippen molar-refractivity contribution in [3.8, 4) is 5.75 Å². The van der Waals surface area contributed by atoms with E-state index in [9.17, 15) is 5.11 Å². The van der Waals surface area contributed by atoms with Gasteiger partial charge in [-0.25, -0.2) is 0 Å². The van der Waals surface area contributed by atoms with Crippen molar-refractivity contribution in [2.24, 2.45) is 0 Å². The van der Waals surface area contributed by atoms with Crippen molar-refractivity contribution in [3.05, 3.63) is 72.3 Å². The minimum Gasteiger partial charge on any atom is -0.508 e. The molecule has 0 radical (unpaired) electrons. The van der Waals surface area contributed by atoms with Crippen LogP contribution in [0.3, 0.4) is 0 Å². The van der Waals surface area contributed by atoms with Gasteiger partial charge >= 0.3 is 0 Å². The van der Waals surface area contributed by atoms with Crippen molar-refractivity contribution >= 4 is 16.5 Å². The van der Waals surface area contributed by atoms with Crippen LogP contribution in [0.5, 0.6) is 5.75 Å². The summed E-state index contributed by atoms with van der Waals surface area (Å²) in [5.41, 5.74) is 2.45. The van der Waals surface area contributed by atoms with E-state index in [1.807, 2.05) is 24.3 Å². The maximum Gasteiger partial charge on any atom is 0.116 e. The Bertz CT molecular complexity index is 707. The van der Waals surface area contributed by atoms with Gasteiger partial charge in [0.25, 0.3) is 0 Å². The standard InChI is InChI=1S/C18H17NO/c20-18-9-8-15-12-14(6-7-16(15)13-18)10-11-19-17-4-2-1-3-5-17/h1-9,12-13,19-20H,10-11H2. The molecule has 0 aliphatic carbocycles. The fourth-order valence-electron chi connectivity index (χ4n) is 2.35. The van der Waals surface area contributed by atoms with Gasteiger partial charge in [0.15, 0.2) is 0 Å². The van der Waals surface area contributed by atoms with Gasteiger partial charge in [0.05, 0.1) is 0 Å². The van der Waals surface area contributed by atoms with E-state index in [1.165, 1.54) is 10.9 Å². The van der Waals surface area contributed by atoms with Crippen molar-refractivity contribution in [2.75, 3.05) is 11.9 Å². The Morgan fingerprint density at radius 1 is 0.800 bits per heavy atom. The second-order valence-electron chi connectivity index (χ2n) is 4.91. The van der Waals surface area contributed by atoms with Gasteiger partial charge in [-0.3, -0.25) is 0 Å². The van der Waals surface area contributed by atoms with E-state index in [2.05, 4.69) is 35.6 Å². The summed E-state index contributed by atoms with van der Waals surface area (Å²) in [7, 11) is 0. The Kier molecular flexibility index (Phi) is 3.55. The van der Waals surface area contributed by atoms with Gasteiger partial charge in [-0.05, 0) is 47.0 Å². The molecule has 100 valence electrons. The number of fused-ring (bicyclic) bond motifs is 1. The van der Waals surface area contributed by atoms with Crippen LogP contribution in [0.25, 0.3) is 10.8 Å². The molecule has 0 bridgehead atoms. The average Bonchev–Trinajstić information content (AvgIpc) is 2.48. The molecule has 20 heavy (non-hydrogen) atoms. The number of phenolic OH excluding ortho intramolecular Hbond substituents is 1. The molecule has 3 aromatic carbocycles. The van der Waals surface area contributed by atoms with Gasteiger partial charge in [-0.1, -0.05) is 42.5 Å². The van der Waals surface area contributed by atoms with Crippen LogP contribution in [0, 0.1) is 0 Å². The van der Waals surface area contributed by atoms with Gasteiger partial charge in [-0.15, -0.1) is 0 Å². The Hall–Kier alpha value is -2.48. The first-order chi connectivity index (χ1) is 9.81. The summed E-state index contributed by atoms with van der Waals surface area (Å²) in [6, 6.07) is 22.1. The van der Waals surface area contributed by atoms with E-state index in [1.54, 1.807) is 12.1 Å². The first-order valence-corrected chi connectivity index (χ1v) is 6.82. The molecule has 0 atom stereocenters. The zero-order chi connectivity index (χ0) is 13.8. The number of benzene rings is 3. The van der Waals surface area contributed by atoms with Crippen LogP contribution in [0.4, 0.5) is 5.69 Å². The number of rotatable bonds is 4. The minimum atomic E-state index is 0.316. The van der Waals surface area contributed by atoms with Gasteiger partial charge in [-0.2, -0.15) is 0 Å². The highest BCUT2D eigenvalue weighted by molar-refractivity contribution is 5.84. The lowest BCUT2D eigenvalue weighted by Crippen LogP contribution is -2.04. The van der Waals surface area contributed by atoms with E-state index in [-0.39, 0.29) is 0 Å². The number of para-hydroxylation sites is 1. The molecule has 2 N–H and O–H groups in total. The smallest absolute Gasteiger partial charge is 0.116 e. The minimum absolute atomic E-state index is 0.316. The van der Waals surface area contributed by atoms with Crippen molar-refractivity contribution in [1.82, 2.24) is 0 Å². The van der Waals surface area contributed by atoms with E-state index in [0.29, 0.717) is 5.75 Å². The van der Waals surface area contributed by atoms with Crippen molar-refractivity contribution in [2.45, 2.75) is 6.42 Å². The fourth-order valence-corrected chi connectivity index (χ4v) is 2.35. The number of phenols is 1. The Labute approximate surface area is 118 Å². The summed E-state index contributed by atoms with van der Waals surface area (Å²) >= 11 is 0. The lowest BCUT2D eigenvalue weighted by molar-refractivity contribution is 0.476. The van der Waals surface area contributed by atoms with Crippen LogP contribution in [0.15, 0.2) is 66.7 Å². The SMILES string of the molecule is Oc1ccc2cc(CCNc3ccccc3)ccc2c1. The number of nitrogens with one attached hydrogen (secondary N) is 1. The molecule has 0 heterocycles. The molecular formula is C18H17NO. The summed E-state index contributed by atoms with van der Waals surface area (Å²) in [6.45, 7) is 0.910. The topological polar surface area (TPSA) is 32.3 Å². The second-order valence-corrected chi connectivity index (χ2v) is 4.91. The molecular weight excluding hydrogens is 246 g/mol. The molecule has 0 amide bonds. The van der Waals surface area contributed by atoms with E-state index in [0.717, 1.165) is 24.0 Å². The summed E-state index contributed by atoms with van der Waals surface area (Å²) in [4.78, 5) is 0. The van der Waals surface area contributed by atoms with E-state index < -0.39 is 0 Å². The Balaban J connectivity index is 1.67. The Morgan fingerprint density at radius 3 is 2.40 bits per heavy atom. The number of aromatic hydroxyl groups is 1. The first kappa shape index (κ1) is 12.5. The first-order valence-electron chi connectivity index (χ1n) is 6.82. The third-order valence-electron chi connectivity index (χ3n) is 3.40. The maximum atomic E-state index is 9.46. The van der Waals surface area contributed by atoms with Gasteiger partial charge in [0, 0.05) is 12.2 Å². The maximum absolute atomic E-state index is 9.46. The van der Waals surface area contributed by atoms with E-state index >= 15 is 0 Å². The number of anilines is 1. The van der Waals surface area contributed by atoms with Crippen molar-refractivity contribution < 1.29 is 5.11 Å². The quantitative estimate of drug-likeness (QED) is 0.739. The number of hydrogen-bond acceptors (Lipinski definition) is 2. The summed E-state index contributed by atoms with van der Waals surface area (Å²) in [5.74, 6) is 0.316. The highest BCUT2D eigenvalue weighted by Crippen LogP contribution is 2.21.